The fourth-order valence-electron chi connectivity index (χ4n) is 1.73. The van der Waals surface area contributed by atoms with Crippen LogP contribution in [0, 0.1) is 0 Å². The summed E-state index contributed by atoms with van der Waals surface area (Å²) < 4.78 is 0. The molecular weight excluding hydrogens is 204 g/mol. The molecule has 88 valence electrons. The molecule has 0 bridgehead atoms. The Balaban J connectivity index is 3.12. The molecule has 4 nitrogen and oxygen atoms in total. The van der Waals surface area contributed by atoms with E-state index in [1.54, 1.807) is 0 Å². The molecule has 1 aromatic heterocycles. The van der Waals surface area contributed by atoms with E-state index in [0.29, 0.717) is 18.0 Å². The fourth-order valence-corrected chi connectivity index (χ4v) is 1.73. The van der Waals surface area contributed by atoms with Crippen molar-refractivity contribution in [1.82, 2.24) is 9.97 Å². The lowest BCUT2D eigenvalue weighted by molar-refractivity contribution is 0.0694. The van der Waals surface area contributed by atoms with Gasteiger partial charge >= 0.3 is 5.97 Å². The Morgan fingerprint density at radius 3 is 2.44 bits per heavy atom. The summed E-state index contributed by atoms with van der Waals surface area (Å²) in [5.41, 5.74) is 0.849. The number of carboxylic acids is 1. The lowest BCUT2D eigenvalue weighted by Gasteiger charge is -2.12. The van der Waals surface area contributed by atoms with E-state index >= 15 is 0 Å². The maximum absolute atomic E-state index is 10.9. The van der Waals surface area contributed by atoms with E-state index in [1.807, 2.05) is 6.92 Å². The molecule has 1 rings (SSSR count). The number of carboxylic acid groups (broad SMARTS) is 1. The molecule has 0 amide bonds. The predicted molar refractivity (Wildman–Crippen MR) is 61.7 cm³/mol. The third-order valence-corrected chi connectivity index (χ3v) is 2.80. The van der Waals surface area contributed by atoms with Gasteiger partial charge in [-0.1, -0.05) is 20.8 Å². The van der Waals surface area contributed by atoms with Crippen molar-refractivity contribution in [3.8, 4) is 0 Å². The van der Waals surface area contributed by atoms with Crippen molar-refractivity contribution in [2.45, 2.75) is 46.0 Å². The predicted octanol–water partition coefficient (Wildman–Crippen LogP) is 2.64. The Kier molecular flexibility index (Phi) is 4.40. The second-order valence-electron chi connectivity index (χ2n) is 3.76. The van der Waals surface area contributed by atoms with Gasteiger partial charge in [-0.25, -0.2) is 14.8 Å². The van der Waals surface area contributed by atoms with Gasteiger partial charge in [0.05, 0.1) is 11.3 Å². The van der Waals surface area contributed by atoms with E-state index in [2.05, 4.69) is 23.8 Å². The molecule has 0 aliphatic carbocycles. The standard InChI is InChI=1S/C12H18N2O2/c1-4-8(5-2)11-13-7-9(12(15)16)10(6-3)14-11/h7-8H,4-6H2,1-3H3,(H,15,16). The van der Waals surface area contributed by atoms with Crippen molar-refractivity contribution < 1.29 is 9.90 Å². The first-order valence-electron chi connectivity index (χ1n) is 5.73. The highest BCUT2D eigenvalue weighted by atomic mass is 16.4. The number of rotatable bonds is 5. The Labute approximate surface area is 95.7 Å². The second kappa shape index (κ2) is 5.58. The summed E-state index contributed by atoms with van der Waals surface area (Å²) in [7, 11) is 0. The van der Waals surface area contributed by atoms with E-state index in [4.69, 9.17) is 5.11 Å². The van der Waals surface area contributed by atoms with Crippen LogP contribution in [-0.4, -0.2) is 21.0 Å². The highest BCUT2D eigenvalue weighted by Gasteiger charge is 2.15. The second-order valence-corrected chi connectivity index (χ2v) is 3.76. The number of carbonyl (C=O) groups is 1. The summed E-state index contributed by atoms with van der Waals surface area (Å²) in [5.74, 6) is 0.146. The number of aromatic nitrogens is 2. The van der Waals surface area contributed by atoms with Gasteiger partial charge in [-0.05, 0) is 19.3 Å². The summed E-state index contributed by atoms with van der Waals surface area (Å²) in [6.45, 7) is 6.09. The SMILES string of the molecule is CCc1nc(C(CC)CC)ncc1C(=O)O. The van der Waals surface area contributed by atoms with Gasteiger partial charge < -0.3 is 5.11 Å². The zero-order valence-electron chi connectivity index (χ0n) is 10.0. The average Bonchev–Trinajstić information content (AvgIpc) is 2.30. The Morgan fingerprint density at radius 1 is 1.38 bits per heavy atom. The van der Waals surface area contributed by atoms with Crippen LogP contribution in [0.3, 0.4) is 0 Å². The van der Waals surface area contributed by atoms with Crippen molar-refractivity contribution in [2.24, 2.45) is 0 Å². The van der Waals surface area contributed by atoms with Gasteiger partial charge in [-0.3, -0.25) is 0 Å². The molecule has 0 aliphatic rings. The molecule has 16 heavy (non-hydrogen) atoms. The van der Waals surface area contributed by atoms with Crippen molar-refractivity contribution in [3.05, 3.63) is 23.3 Å². The van der Waals surface area contributed by atoms with Crippen LogP contribution in [0.4, 0.5) is 0 Å². The third-order valence-electron chi connectivity index (χ3n) is 2.80. The van der Waals surface area contributed by atoms with Crippen LogP contribution < -0.4 is 0 Å². The molecule has 1 heterocycles. The molecule has 1 N–H and O–H groups in total. The molecule has 0 saturated carbocycles. The molecule has 0 fully saturated rings. The minimum absolute atomic E-state index is 0.220. The first-order chi connectivity index (χ1) is 7.63. The quantitative estimate of drug-likeness (QED) is 0.831. The van der Waals surface area contributed by atoms with E-state index in [-0.39, 0.29) is 5.56 Å². The lowest BCUT2D eigenvalue weighted by Crippen LogP contribution is -2.10. The van der Waals surface area contributed by atoms with Crippen LogP contribution in [0.5, 0.6) is 0 Å². The number of nitrogens with zero attached hydrogens (tertiary/aromatic N) is 2. The zero-order chi connectivity index (χ0) is 12.1. The van der Waals surface area contributed by atoms with E-state index < -0.39 is 5.97 Å². The normalized spacial score (nSPS) is 10.8. The van der Waals surface area contributed by atoms with Gasteiger partial charge in [0, 0.05) is 12.1 Å². The minimum atomic E-state index is -0.951. The highest BCUT2D eigenvalue weighted by Crippen LogP contribution is 2.20. The Hall–Kier alpha value is -1.45. The summed E-state index contributed by atoms with van der Waals surface area (Å²) in [6, 6.07) is 0. The topological polar surface area (TPSA) is 63.1 Å². The number of hydrogen-bond acceptors (Lipinski definition) is 3. The number of aromatic carboxylic acids is 1. The van der Waals surface area contributed by atoms with Gasteiger partial charge in [0.1, 0.15) is 5.82 Å². The summed E-state index contributed by atoms with van der Waals surface area (Å²) in [4.78, 5) is 19.4. The first-order valence-corrected chi connectivity index (χ1v) is 5.73. The molecule has 0 aliphatic heterocycles. The van der Waals surface area contributed by atoms with Gasteiger partial charge in [0.15, 0.2) is 0 Å². The zero-order valence-corrected chi connectivity index (χ0v) is 10.0. The molecule has 0 unspecified atom stereocenters. The van der Waals surface area contributed by atoms with Gasteiger partial charge in [0.2, 0.25) is 0 Å². The smallest absolute Gasteiger partial charge is 0.339 e. The van der Waals surface area contributed by atoms with Crippen LogP contribution in [-0.2, 0) is 6.42 Å². The van der Waals surface area contributed by atoms with Crippen molar-refractivity contribution in [3.63, 3.8) is 0 Å². The first kappa shape index (κ1) is 12.6. The van der Waals surface area contributed by atoms with Crippen LogP contribution in [0.25, 0.3) is 0 Å². The number of aryl methyl sites for hydroxylation is 1. The van der Waals surface area contributed by atoms with Crippen molar-refractivity contribution in [1.29, 1.82) is 0 Å². The summed E-state index contributed by atoms with van der Waals surface area (Å²) in [5, 5.41) is 8.96. The van der Waals surface area contributed by atoms with E-state index in [0.717, 1.165) is 18.7 Å². The fraction of sp³-hybridized carbons (Fsp3) is 0.583. The number of hydrogen-bond donors (Lipinski definition) is 1. The lowest BCUT2D eigenvalue weighted by atomic mass is 10.0. The monoisotopic (exact) mass is 222 g/mol. The molecular formula is C12H18N2O2. The van der Waals surface area contributed by atoms with Crippen LogP contribution in [0.15, 0.2) is 6.20 Å². The van der Waals surface area contributed by atoms with Gasteiger partial charge in [0.25, 0.3) is 0 Å². The average molecular weight is 222 g/mol. The Bertz CT molecular complexity index is 373. The highest BCUT2D eigenvalue weighted by molar-refractivity contribution is 5.88. The largest absolute Gasteiger partial charge is 0.478 e. The molecule has 0 saturated heterocycles. The molecule has 0 radical (unpaired) electrons. The van der Waals surface area contributed by atoms with Crippen LogP contribution >= 0.6 is 0 Å². The minimum Gasteiger partial charge on any atom is -0.478 e. The van der Waals surface area contributed by atoms with Crippen molar-refractivity contribution in [2.75, 3.05) is 0 Å². The molecule has 1 aromatic rings. The van der Waals surface area contributed by atoms with Crippen LogP contribution in [0.1, 0.15) is 61.4 Å². The van der Waals surface area contributed by atoms with Crippen LogP contribution in [0.2, 0.25) is 0 Å². The van der Waals surface area contributed by atoms with E-state index in [9.17, 15) is 4.79 Å². The van der Waals surface area contributed by atoms with Crippen molar-refractivity contribution >= 4 is 5.97 Å². The molecule has 0 aromatic carbocycles. The summed E-state index contributed by atoms with van der Waals surface area (Å²) in [6.07, 6.45) is 4.01. The maximum atomic E-state index is 10.9. The summed E-state index contributed by atoms with van der Waals surface area (Å²) >= 11 is 0. The maximum Gasteiger partial charge on any atom is 0.339 e. The Morgan fingerprint density at radius 2 is 2.00 bits per heavy atom. The molecule has 0 atom stereocenters. The van der Waals surface area contributed by atoms with E-state index in [1.165, 1.54) is 6.20 Å². The van der Waals surface area contributed by atoms with Gasteiger partial charge in [-0.15, -0.1) is 0 Å². The third kappa shape index (κ3) is 2.56. The molecule has 0 spiro atoms. The van der Waals surface area contributed by atoms with Gasteiger partial charge in [-0.2, -0.15) is 0 Å². The molecule has 4 heteroatoms.